The van der Waals surface area contributed by atoms with Gasteiger partial charge < -0.3 is 0 Å². The van der Waals surface area contributed by atoms with Gasteiger partial charge in [0.2, 0.25) is 0 Å². The fourth-order valence-corrected chi connectivity index (χ4v) is 3.69. The van der Waals surface area contributed by atoms with E-state index in [1.807, 2.05) is 17.7 Å². The Bertz CT molecular complexity index is 814. The molecule has 0 saturated carbocycles. The van der Waals surface area contributed by atoms with Gasteiger partial charge >= 0.3 is 0 Å². The number of likely N-dealkylation sites (tertiary alicyclic amines) is 1. The smallest absolute Gasteiger partial charge is 0.0870 e. The Hall–Kier alpha value is -2.47. The monoisotopic (exact) mass is 350 g/mol. The van der Waals surface area contributed by atoms with Crippen molar-refractivity contribution in [1.82, 2.24) is 30.1 Å². The molecule has 1 N–H and O–H groups in total. The predicted octanol–water partition coefficient (Wildman–Crippen LogP) is 2.81. The molecule has 0 unspecified atom stereocenters. The average Bonchev–Trinajstić information content (AvgIpc) is 3.26. The van der Waals surface area contributed by atoms with Gasteiger partial charge in [-0.25, -0.2) is 0 Å². The molecule has 4 rings (SSSR count). The van der Waals surface area contributed by atoms with E-state index in [-0.39, 0.29) is 0 Å². The fraction of sp³-hybridized carbons (Fsp3) is 0.450. The van der Waals surface area contributed by atoms with Crippen molar-refractivity contribution in [1.29, 1.82) is 0 Å². The standard InChI is InChI=1S/C20H26N6/c1-16-11-19(22-21-16)14-25-9-7-18(8-10-25)13-26-15-20(23-24-26)12-17-5-3-2-4-6-17/h2-6,11,15,18H,7-10,12-14H2,1H3,(H,21,22). The predicted molar refractivity (Wildman–Crippen MR) is 101 cm³/mol. The highest BCUT2D eigenvalue weighted by Gasteiger charge is 2.20. The fourth-order valence-electron chi connectivity index (χ4n) is 3.69. The molecule has 0 aliphatic carbocycles. The van der Waals surface area contributed by atoms with E-state index in [0.717, 1.165) is 49.7 Å². The van der Waals surface area contributed by atoms with Crippen molar-refractivity contribution in [3.8, 4) is 0 Å². The van der Waals surface area contributed by atoms with Crippen LogP contribution in [0.25, 0.3) is 0 Å². The third-order valence-corrected chi connectivity index (χ3v) is 5.11. The maximum Gasteiger partial charge on any atom is 0.0870 e. The van der Waals surface area contributed by atoms with Crippen LogP contribution in [0.3, 0.4) is 0 Å². The van der Waals surface area contributed by atoms with Crippen molar-refractivity contribution in [2.75, 3.05) is 13.1 Å². The Morgan fingerprint density at radius 2 is 1.92 bits per heavy atom. The van der Waals surface area contributed by atoms with Gasteiger partial charge in [-0.1, -0.05) is 35.5 Å². The second-order valence-corrected chi connectivity index (χ2v) is 7.36. The summed E-state index contributed by atoms with van der Waals surface area (Å²) in [5.74, 6) is 0.679. The summed E-state index contributed by atoms with van der Waals surface area (Å²) >= 11 is 0. The molecule has 6 heteroatoms. The summed E-state index contributed by atoms with van der Waals surface area (Å²) < 4.78 is 2.02. The van der Waals surface area contributed by atoms with Crippen molar-refractivity contribution in [2.24, 2.45) is 5.92 Å². The zero-order valence-corrected chi connectivity index (χ0v) is 15.3. The number of benzene rings is 1. The normalized spacial score (nSPS) is 16.2. The van der Waals surface area contributed by atoms with Crippen LogP contribution in [0.15, 0.2) is 42.6 Å². The minimum absolute atomic E-state index is 0.679. The van der Waals surface area contributed by atoms with E-state index in [9.17, 15) is 0 Å². The van der Waals surface area contributed by atoms with Crippen LogP contribution in [0.1, 0.15) is 35.5 Å². The lowest BCUT2D eigenvalue weighted by Crippen LogP contribution is -2.34. The van der Waals surface area contributed by atoms with E-state index >= 15 is 0 Å². The van der Waals surface area contributed by atoms with Gasteiger partial charge in [-0.05, 0) is 50.4 Å². The van der Waals surface area contributed by atoms with Crippen molar-refractivity contribution in [3.63, 3.8) is 0 Å². The first-order valence-corrected chi connectivity index (χ1v) is 9.41. The van der Waals surface area contributed by atoms with Crippen LogP contribution in [0.2, 0.25) is 0 Å². The molecule has 0 bridgehead atoms. The molecule has 1 aliphatic heterocycles. The molecule has 136 valence electrons. The van der Waals surface area contributed by atoms with E-state index in [1.54, 1.807) is 0 Å². The first-order chi connectivity index (χ1) is 12.7. The lowest BCUT2D eigenvalue weighted by molar-refractivity contribution is 0.162. The molecule has 0 radical (unpaired) electrons. The van der Waals surface area contributed by atoms with Gasteiger partial charge in [-0.15, -0.1) is 5.10 Å². The summed E-state index contributed by atoms with van der Waals surface area (Å²) in [6, 6.07) is 12.6. The number of nitrogens with zero attached hydrogens (tertiary/aromatic N) is 5. The van der Waals surface area contributed by atoms with Crippen molar-refractivity contribution in [3.05, 3.63) is 65.2 Å². The van der Waals surface area contributed by atoms with Gasteiger partial charge in [-0.3, -0.25) is 14.7 Å². The van der Waals surface area contributed by atoms with Crippen molar-refractivity contribution >= 4 is 0 Å². The molecule has 6 nitrogen and oxygen atoms in total. The zero-order valence-electron chi connectivity index (χ0n) is 15.3. The summed E-state index contributed by atoms with van der Waals surface area (Å²) in [6.45, 7) is 6.22. The Morgan fingerprint density at radius 3 is 2.65 bits per heavy atom. The molecule has 3 heterocycles. The second-order valence-electron chi connectivity index (χ2n) is 7.36. The molecule has 2 aromatic heterocycles. The number of nitrogens with one attached hydrogen (secondary N) is 1. The molecule has 1 aromatic carbocycles. The molecule has 1 saturated heterocycles. The van der Waals surface area contributed by atoms with Gasteiger partial charge in [0.1, 0.15) is 0 Å². The highest BCUT2D eigenvalue weighted by molar-refractivity contribution is 5.19. The molecule has 3 aromatic rings. The summed E-state index contributed by atoms with van der Waals surface area (Å²) in [7, 11) is 0. The van der Waals surface area contributed by atoms with E-state index in [2.05, 4.69) is 61.9 Å². The first-order valence-electron chi connectivity index (χ1n) is 9.41. The summed E-state index contributed by atoms with van der Waals surface area (Å²) in [6.07, 6.45) is 5.36. The zero-order chi connectivity index (χ0) is 17.8. The molecule has 0 spiro atoms. The van der Waals surface area contributed by atoms with Crippen LogP contribution in [-0.2, 0) is 19.5 Å². The number of aryl methyl sites for hydroxylation is 1. The van der Waals surface area contributed by atoms with E-state index in [0.29, 0.717) is 5.92 Å². The lowest BCUT2D eigenvalue weighted by Gasteiger charge is -2.31. The van der Waals surface area contributed by atoms with Gasteiger partial charge in [0, 0.05) is 31.4 Å². The largest absolute Gasteiger partial charge is 0.297 e. The minimum Gasteiger partial charge on any atom is -0.297 e. The Balaban J connectivity index is 1.25. The highest BCUT2D eigenvalue weighted by Crippen LogP contribution is 2.20. The van der Waals surface area contributed by atoms with Crippen molar-refractivity contribution in [2.45, 2.75) is 39.3 Å². The average molecular weight is 350 g/mol. The first kappa shape index (κ1) is 17.0. The number of aromatic amines is 1. The molecular weight excluding hydrogens is 324 g/mol. The molecule has 1 aliphatic rings. The van der Waals surface area contributed by atoms with Crippen LogP contribution in [0.5, 0.6) is 0 Å². The SMILES string of the molecule is Cc1cc(CN2CCC(Cn3cc(Cc4ccccc4)nn3)CC2)n[nH]1. The maximum absolute atomic E-state index is 4.34. The van der Waals surface area contributed by atoms with Crippen LogP contribution in [0, 0.1) is 12.8 Å². The summed E-state index contributed by atoms with van der Waals surface area (Å²) in [5.41, 5.74) is 4.60. The molecular formula is C20H26N6. The maximum atomic E-state index is 4.34. The molecule has 26 heavy (non-hydrogen) atoms. The van der Waals surface area contributed by atoms with Gasteiger partial charge in [0.05, 0.1) is 11.4 Å². The number of hydrogen-bond donors (Lipinski definition) is 1. The Labute approximate surface area is 154 Å². The van der Waals surface area contributed by atoms with Gasteiger partial charge in [0.15, 0.2) is 0 Å². The van der Waals surface area contributed by atoms with E-state index in [4.69, 9.17) is 0 Å². The quantitative estimate of drug-likeness (QED) is 0.742. The second kappa shape index (κ2) is 7.83. The number of piperidine rings is 1. The Kier molecular flexibility index (Phi) is 5.11. The summed E-state index contributed by atoms with van der Waals surface area (Å²) in [5, 5.41) is 16.0. The van der Waals surface area contributed by atoms with Crippen LogP contribution in [0.4, 0.5) is 0 Å². The molecule has 1 fully saturated rings. The highest BCUT2D eigenvalue weighted by atomic mass is 15.4. The van der Waals surface area contributed by atoms with Gasteiger partial charge in [-0.2, -0.15) is 5.10 Å². The van der Waals surface area contributed by atoms with E-state index < -0.39 is 0 Å². The van der Waals surface area contributed by atoms with Crippen LogP contribution in [-0.4, -0.2) is 43.2 Å². The Morgan fingerprint density at radius 1 is 1.12 bits per heavy atom. The third kappa shape index (κ3) is 4.38. The molecule has 0 atom stereocenters. The number of hydrogen-bond acceptors (Lipinski definition) is 4. The third-order valence-electron chi connectivity index (χ3n) is 5.11. The minimum atomic E-state index is 0.679. The summed E-state index contributed by atoms with van der Waals surface area (Å²) in [4.78, 5) is 2.49. The lowest BCUT2D eigenvalue weighted by atomic mass is 9.97. The van der Waals surface area contributed by atoms with Crippen LogP contribution < -0.4 is 0 Å². The van der Waals surface area contributed by atoms with Gasteiger partial charge in [0.25, 0.3) is 0 Å². The number of aromatic nitrogens is 5. The number of H-pyrrole nitrogens is 1. The van der Waals surface area contributed by atoms with Crippen LogP contribution >= 0.6 is 0 Å². The van der Waals surface area contributed by atoms with Crippen molar-refractivity contribution < 1.29 is 0 Å². The number of rotatable bonds is 6. The topological polar surface area (TPSA) is 62.6 Å². The molecule has 0 amide bonds. The van der Waals surface area contributed by atoms with E-state index in [1.165, 1.54) is 18.4 Å².